The minimum Gasteiger partial charge on any atom is -0.488 e. The van der Waals surface area contributed by atoms with Gasteiger partial charge >= 0.3 is 6.09 Å². The van der Waals surface area contributed by atoms with Gasteiger partial charge in [-0.05, 0) is 29.8 Å². The third-order valence-electron chi connectivity index (χ3n) is 5.58. The summed E-state index contributed by atoms with van der Waals surface area (Å²) in [5.41, 5.74) is 2.33. The molecule has 0 atom stereocenters. The van der Waals surface area contributed by atoms with Crippen molar-refractivity contribution in [3.05, 3.63) is 64.5 Å². The van der Waals surface area contributed by atoms with Crippen LogP contribution in [0.5, 0.6) is 5.75 Å². The first-order valence-corrected chi connectivity index (χ1v) is 10.5. The van der Waals surface area contributed by atoms with Gasteiger partial charge in [-0.3, -0.25) is 19.8 Å². The molecule has 0 unspecified atom stereocenters. The quantitative estimate of drug-likeness (QED) is 0.655. The number of morpholine rings is 1. The number of benzene rings is 2. The summed E-state index contributed by atoms with van der Waals surface area (Å²) in [6.07, 6.45) is -1.48. The topological polar surface area (TPSA) is 108 Å². The summed E-state index contributed by atoms with van der Waals surface area (Å²) in [6, 6.07) is 9.91. The SMILES string of the molecule is O=C(O)NC(=O)CN1Cc2c(OCc3cc(CN4CCOCC4)ccc3F)cccc2C1=O. The minimum atomic E-state index is -1.48. The first-order valence-electron chi connectivity index (χ1n) is 10.5. The fraction of sp³-hybridized carbons (Fsp3) is 0.348. The van der Waals surface area contributed by atoms with Crippen molar-refractivity contribution in [1.82, 2.24) is 15.1 Å². The van der Waals surface area contributed by atoms with Crippen LogP contribution in [0.4, 0.5) is 9.18 Å². The Morgan fingerprint density at radius 2 is 1.97 bits per heavy atom. The number of nitrogens with zero attached hydrogens (tertiary/aromatic N) is 2. The molecule has 1 fully saturated rings. The van der Waals surface area contributed by atoms with E-state index in [0.29, 0.717) is 42.2 Å². The van der Waals surface area contributed by atoms with E-state index in [1.165, 1.54) is 11.0 Å². The molecule has 0 bridgehead atoms. The number of nitrogens with one attached hydrogen (secondary N) is 1. The lowest BCUT2D eigenvalue weighted by molar-refractivity contribution is -0.121. The average Bonchev–Trinajstić information content (AvgIpc) is 3.10. The first-order chi connectivity index (χ1) is 15.9. The zero-order chi connectivity index (χ0) is 23.4. The van der Waals surface area contributed by atoms with Crippen LogP contribution in [-0.4, -0.2) is 65.7 Å². The molecule has 3 amide bonds. The average molecular weight is 457 g/mol. The minimum absolute atomic E-state index is 0.0209. The van der Waals surface area contributed by atoms with E-state index in [2.05, 4.69) is 4.90 Å². The van der Waals surface area contributed by atoms with Crippen LogP contribution in [0, 0.1) is 5.82 Å². The van der Waals surface area contributed by atoms with Gasteiger partial charge in [-0.1, -0.05) is 12.1 Å². The molecule has 0 radical (unpaired) electrons. The molecule has 2 aliphatic heterocycles. The molecular formula is C23H24FN3O6. The van der Waals surface area contributed by atoms with Gasteiger partial charge < -0.3 is 19.5 Å². The summed E-state index contributed by atoms with van der Waals surface area (Å²) in [5, 5.41) is 10.4. The van der Waals surface area contributed by atoms with E-state index < -0.39 is 24.5 Å². The molecule has 0 aromatic heterocycles. The Morgan fingerprint density at radius 1 is 1.18 bits per heavy atom. The number of hydrogen-bond acceptors (Lipinski definition) is 6. The number of imide groups is 1. The summed E-state index contributed by atoms with van der Waals surface area (Å²) in [7, 11) is 0. The van der Waals surface area contributed by atoms with E-state index in [1.807, 2.05) is 0 Å². The van der Waals surface area contributed by atoms with Gasteiger partial charge in [0.15, 0.2) is 0 Å². The van der Waals surface area contributed by atoms with Crippen molar-refractivity contribution in [3.63, 3.8) is 0 Å². The normalized spacial score (nSPS) is 15.9. The highest BCUT2D eigenvalue weighted by atomic mass is 19.1. The molecule has 0 saturated carbocycles. The molecule has 4 rings (SSSR count). The maximum absolute atomic E-state index is 14.4. The summed E-state index contributed by atoms with van der Waals surface area (Å²) >= 11 is 0. The predicted molar refractivity (Wildman–Crippen MR) is 114 cm³/mol. The Hall–Kier alpha value is -3.50. The fourth-order valence-corrected chi connectivity index (χ4v) is 3.97. The number of hydrogen-bond donors (Lipinski definition) is 2. The van der Waals surface area contributed by atoms with Crippen molar-refractivity contribution in [1.29, 1.82) is 0 Å². The summed E-state index contributed by atoms with van der Waals surface area (Å²) in [6.45, 7) is 3.40. The van der Waals surface area contributed by atoms with Crippen molar-refractivity contribution >= 4 is 17.9 Å². The van der Waals surface area contributed by atoms with Gasteiger partial charge in [0.1, 0.15) is 24.7 Å². The van der Waals surface area contributed by atoms with Crippen molar-refractivity contribution in [2.45, 2.75) is 19.7 Å². The lowest BCUT2D eigenvalue weighted by atomic mass is 10.1. The lowest BCUT2D eigenvalue weighted by Gasteiger charge is -2.26. The second-order valence-electron chi connectivity index (χ2n) is 7.90. The summed E-state index contributed by atoms with van der Waals surface area (Å²) in [5.74, 6) is -1.16. The number of halogens is 1. The third-order valence-corrected chi connectivity index (χ3v) is 5.58. The van der Waals surface area contributed by atoms with Gasteiger partial charge in [0.05, 0.1) is 19.8 Å². The molecule has 10 heteroatoms. The maximum Gasteiger partial charge on any atom is 0.411 e. The van der Waals surface area contributed by atoms with Crippen LogP contribution in [0.3, 0.4) is 0 Å². The van der Waals surface area contributed by atoms with Crippen molar-refractivity contribution in [2.24, 2.45) is 0 Å². The molecule has 2 N–H and O–H groups in total. The number of carbonyl (C=O) groups is 3. The number of carbonyl (C=O) groups excluding carboxylic acids is 2. The first kappa shape index (κ1) is 22.7. The van der Waals surface area contributed by atoms with Crippen LogP contribution in [0.1, 0.15) is 27.0 Å². The summed E-state index contributed by atoms with van der Waals surface area (Å²) in [4.78, 5) is 38.5. The van der Waals surface area contributed by atoms with E-state index in [-0.39, 0.29) is 19.0 Å². The van der Waals surface area contributed by atoms with E-state index in [9.17, 15) is 18.8 Å². The Balaban J connectivity index is 1.43. The zero-order valence-electron chi connectivity index (χ0n) is 17.9. The number of rotatable bonds is 7. The largest absolute Gasteiger partial charge is 0.488 e. The highest BCUT2D eigenvalue weighted by Crippen LogP contribution is 2.31. The Labute approximate surface area is 189 Å². The molecule has 9 nitrogen and oxygen atoms in total. The van der Waals surface area contributed by atoms with Gasteiger partial charge in [0.25, 0.3) is 5.91 Å². The van der Waals surface area contributed by atoms with E-state index in [0.717, 1.165) is 18.7 Å². The standard InChI is InChI=1S/C23H24FN3O6/c24-19-5-4-15(11-26-6-8-32-9-7-26)10-16(19)14-33-20-3-1-2-17-18(20)12-27(22(17)29)13-21(28)25-23(30)31/h1-5,10H,6-9,11-14H2,(H,25,28)(H,30,31). The number of fused-ring (bicyclic) bond motifs is 1. The van der Waals surface area contributed by atoms with E-state index >= 15 is 0 Å². The van der Waals surface area contributed by atoms with E-state index in [4.69, 9.17) is 14.6 Å². The molecule has 1 saturated heterocycles. The van der Waals surface area contributed by atoms with Gasteiger partial charge in [-0.15, -0.1) is 0 Å². The van der Waals surface area contributed by atoms with Crippen molar-refractivity contribution in [3.8, 4) is 5.75 Å². The molecule has 2 aromatic rings. The second kappa shape index (κ2) is 9.97. The number of carboxylic acid groups (broad SMARTS) is 1. The predicted octanol–water partition coefficient (Wildman–Crippen LogP) is 1.99. The highest BCUT2D eigenvalue weighted by Gasteiger charge is 2.31. The van der Waals surface area contributed by atoms with Gasteiger partial charge in [0, 0.05) is 36.3 Å². The lowest BCUT2D eigenvalue weighted by Crippen LogP contribution is -2.39. The monoisotopic (exact) mass is 457 g/mol. The van der Waals surface area contributed by atoms with Crippen molar-refractivity contribution < 1.29 is 33.4 Å². The number of amides is 3. The molecule has 0 aliphatic carbocycles. The molecule has 2 aliphatic rings. The van der Waals surface area contributed by atoms with E-state index in [1.54, 1.807) is 35.6 Å². The van der Waals surface area contributed by atoms with Gasteiger partial charge in [-0.25, -0.2) is 9.18 Å². The molecule has 33 heavy (non-hydrogen) atoms. The molecule has 174 valence electrons. The smallest absolute Gasteiger partial charge is 0.411 e. The zero-order valence-corrected chi connectivity index (χ0v) is 17.9. The van der Waals surface area contributed by atoms with Gasteiger partial charge in [-0.2, -0.15) is 0 Å². The van der Waals surface area contributed by atoms with Crippen LogP contribution in [0.15, 0.2) is 36.4 Å². The third kappa shape index (κ3) is 5.47. The maximum atomic E-state index is 14.4. The van der Waals surface area contributed by atoms with Gasteiger partial charge in [0.2, 0.25) is 5.91 Å². The van der Waals surface area contributed by atoms with Crippen LogP contribution in [0.25, 0.3) is 0 Å². The Kier molecular flexibility index (Phi) is 6.85. The molecule has 2 aromatic carbocycles. The molecule has 0 spiro atoms. The van der Waals surface area contributed by atoms with Crippen LogP contribution in [-0.2, 0) is 29.2 Å². The van der Waals surface area contributed by atoms with Crippen molar-refractivity contribution in [2.75, 3.05) is 32.8 Å². The summed E-state index contributed by atoms with van der Waals surface area (Å²) < 4.78 is 25.7. The molecule has 2 heterocycles. The fourth-order valence-electron chi connectivity index (χ4n) is 3.97. The highest BCUT2D eigenvalue weighted by molar-refractivity contribution is 6.02. The van der Waals surface area contributed by atoms with Crippen LogP contribution in [0.2, 0.25) is 0 Å². The Bertz CT molecular complexity index is 1070. The van der Waals surface area contributed by atoms with Crippen LogP contribution < -0.4 is 10.1 Å². The molecular weight excluding hydrogens is 433 g/mol. The van der Waals surface area contributed by atoms with Crippen LogP contribution >= 0.6 is 0 Å². The number of ether oxygens (including phenoxy) is 2. The Morgan fingerprint density at radius 3 is 2.73 bits per heavy atom. The second-order valence-corrected chi connectivity index (χ2v) is 7.90.